The van der Waals surface area contributed by atoms with Crippen LogP contribution in [0.2, 0.25) is 0 Å². The predicted octanol–water partition coefficient (Wildman–Crippen LogP) is 3.67. The van der Waals surface area contributed by atoms with E-state index in [2.05, 4.69) is 37.9 Å². The minimum Gasteiger partial charge on any atom is -0.313 e. The van der Waals surface area contributed by atoms with E-state index in [0.717, 1.165) is 18.0 Å². The highest BCUT2D eigenvalue weighted by Crippen LogP contribution is 2.32. The van der Waals surface area contributed by atoms with Gasteiger partial charge in [-0.05, 0) is 56.4 Å². The first kappa shape index (κ1) is 15.3. The summed E-state index contributed by atoms with van der Waals surface area (Å²) in [6.07, 6.45) is 8.32. The van der Waals surface area contributed by atoms with Gasteiger partial charge in [0.05, 0.1) is 0 Å². The maximum absolute atomic E-state index is 3.75. The van der Waals surface area contributed by atoms with Crippen molar-refractivity contribution in [2.75, 3.05) is 19.6 Å². The van der Waals surface area contributed by atoms with Gasteiger partial charge in [-0.15, -0.1) is 0 Å². The first-order valence-corrected chi connectivity index (χ1v) is 8.50. The number of nitrogens with zero attached hydrogens (tertiary/aromatic N) is 1. The Hall–Kier alpha value is -0.0800. The molecule has 112 valence electrons. The van der Waals surface area contributed by atoms with Crippen molar-refractivity contribution in [1.82, 2.24) is 10.2 Å². The molecule has 0 radical (unpaired) electrons. The first-order valence-electron chi connectivity index (χ1n) is 8.50. The van der Waals surface area contributed by atoms with Crippen LogP contribution in [0.3, 0.4) is 0 Å². The molecule has 1 unspecified atom stereocenters. The molecular formula is C17H34N2. The van der Waals surface area contributed by atoms with Crippen molar-refractivity contribution in [1.29, 1.82) is 0 Å². The van der Waals surface area contributed by atoms with Crippen LogP contribution >= 0.6 is 0 Å². The summed E-state index contributed by atoms with van der Waals surface area (Å²) in [6, 6.07) is 1.75. The van der Waals surface area contributed by atoms with E-state index < -0.39 is 0 Å². The minimum atomic E-state index is 0.460. The maximum atomic E-state index is 3.75. The summed E-state index contributed by atoms with van der Waals surface area (Å²) in [5.41, 5.74) is 0.460. The monoisotopic (exact) mass is 266 g/mol. The van der Waals surface area contributed by atoms with Gasteiger partial charge in [0.15, 0.2) is 0 Å². The molecule has 0 aliphatic heterocycles. The molecule has 19 heavy (non-hydrogen) atoms. The van der Waals surface area contributed by atoms with Crippen LogP contribution in [0.4, 0.5) is 0 Å². The summed E-state index contributed by atoms with van der Waals surface area (Å²) >= 11 is 0. The minimum absolute atomic E-state index is 0.460. The lowest BCUT2D eigenvalue weighted by molar-refractivity contribution is 0.142. The first-order chi connectivity index (χ1) is 9.02. The van der Waals surface area contributed by atoms with E-state index in [4.69, 9.17) is 0 Å². The second kappa shape index (κ2) is 6.58. The van der Waals surface area contributed by atoms with Crippen LogP contribution in [-0.4, -0.2) is 36.6 Å². The fourth-order valence-corrected chi connectivity index (χ4v) is 2.72. The van der Waals surface area contributed by atoms with Gasteiger partial charge >= 0.3 is 0 Å². The molecule has 0 aromatic heterocycles. The molecule has 1 atom stereocenters. The van der Waals surface area contributed by atoms with Gasteiger partial charge in [-0.3, -0.25) is 4.90 Å². The van der Waals surface area contributed by atoms with Crippen LogP contribution in [0.1, 0.15) is 66.2 Å². The van der Waals surface area contributed by atoms with Gasteiger partial charge in [-0.1, -0.05) is 27.7 Å². The second-order valence-corrected chi connectivity index (χ2v) is 7.70. The Balaban J connectivity index is 1.81. The van der Waals surface area contributed by atoms with Gasteiger partial charge < -0.3 is 5.32 Å². The Labute approximate surface area is 120 Å². The summed E-state index contributed by atoms with van der Waals surface area (Å²) < 4.78 is 0. The molecule has 0 heterocycles. The Bertz CT molecular complexity index is 268. The lowest BCUT2D eigenvalue weighted by atomic mass is 9.86. The van der Waals surface area contributed by atoms with Gasteiger partial charge in [-0.2, -0.15) is 0 Å². The molecule has 0 aromatic rings. The molecule has 2 fully saturated rings. The van der Waals surface area contributed by atoms with Crippen molar-refractivity contribution < 1.29 is 0 Å². The van der Waals surface area contributed by atoms with Gasteiger partial charge in [-0.25, -0.2) is 0 Å². The topological polar surface area (TPSA) is 15.3 Å². The number of hydrogen-bond acceptors (Lipinski definition) is 2. The van der Waals surface area contributed by atoms with Crippen molar-refractivity contribution >= 4 is 0 Å². The summed E-state index contributed by atoms with van der Waals surface area (Å²) in [7, 11) is 0. The molecule has 0 spiro atoms. The van der Waals surface area contributed by atoms with Crippen LogP contribution in [0, 0.1) is 11.3 Å². The van der Waals surface area contributed by atoms with Gasteiger partial charge in [0.25, 0.3) is 0 Å². The SMILES string of the molecule is CCC(C)(CNC1CC1)CN(CCC(C)C)C1CC1. The van der Waals surface area contributed by atoms with E-state index >= 15 is 0 Å². The summed E-state index contributed by atoms with van der Waals surface area (Å²) in [5.74, 6) is 0.832. The third-order valence-corrected chi connectivity index (χ3v) is 4.89. The van der Waals surface area contributed by atoms with Crippen LogP contribution in [0.25, 0.3) is 0 Å². The molecule has 2 aliphatic rings. The van der Waals surface area contributed by atoms with E-state index in [1.54, 1.807) is 0 Å². The standard InChI is InChI=1S/C17H34N2/c1-5-17(4,12-18-15-6-7-15)13-19(16-8-9-16)11-10-14(2)3/h14-16,18H,5-13H2,1-4H3. The number of hydrogen-bond donors (Lipinski definition) is 1. The highest BCUT2D eigenvalue weighted by atomic mass is 15.2. The van der Waals surface area contributed by atoms with E-state index in [1.165, 1.54) is 58.2 Å². The van der Waals surface area contributed by atoms with Crippen molar-refractivity contribution in [3.8, 4) is 0 Å². The summed E-state index contributed by atoms with van der Waals surface area (Å²) in [4.78, 5) is 2.79. The fraction of sp³-hybridized carbons (Fsp3) is 1.00. The zero-order valence-electron chi connectivity index (χ0n) is 13.5. The Morgan fingerprint density at radius 3 is 2.37 bits per heavy atom. The second-order valence-electron chi connectivity index (χ2n) is 7.70. The number of rotatable bonds is 10. The lowest BCUT2D eigenvalue weighted by Crippen LogP contribution is -2.44. The molecule has 2 aliphatic carbocycles. The molecule has 2 rings (SSSR count). The Kier molecular flexibility index (Phi) is 5.30. The molecular weight excluding hydrogens is 232 g/mol. The van der Waals surface area contributed by atoms with E-state index in [0.29, 0.717) is 5.41 Å². The van der Waals surface area contributed by atoms with Crippen LogP contribution < -0.4 is 5.32 Å². The quantitative estimate of drug-likeness (QED) is 0.649. The van der Waals surface area contributed by atoms with Gasteiger partial charge in [0.1, 0.15) is 0 Å². The molecule has 0 saturated heterocycles. The Morgan fingerprint density at radius 1 is 1.21 bits per heavy atom. The third-order valence-electron chi connectivity index (χ3n) is 4.89. The van der Waals surface area contributed by atoms with Crippen LogP contribution in [0.5, 0.6) is 0 Å². The fourth-order valence-electron chi connectivity index (χ4n) is 2.72. The highest BCUT2D eigenvalue weighted by Gasteiger charge is 2.35. The zero-order valence-corrected chi connectivity index (χ0v) is 13.5. The molecule has 2 nitrogen and oxygen atoms in total. The molecule has 0 amide bonds. The Morgan fingerprint density at radius 2 is 1.89 bits per heavy atom. The van der Waals surface area contributed by atoms with Gasteiger partial charge in [0, 0.05) is 25.2 Å². The van der Waals surface area contributed by atoms with Crippen molar-refractivity contribution in [3.63, 3.8) is 0 Å². The average molecular weight is 266 g/mol. The molecule has 2 heteroatoms. The molecule has 0 bridgehead atoms. The summed E-state index contributed by atoms with van der Waals surface area (Å²) in [5, 5.41) is 3.75. The molecule has 2 saturated carbocycles. The largest absolute Gasteiger partial charge is 0.313 e. The molecule has 0 aromatic carbocycles. The average Bonchev–Trinajstić information content (AvgIpc) is 3.25. The maximum Gasteiger partial charge on any atom is 0.00966 e. The normalized spacial score (nSPS) is 23.1. The van der Waals surface area contributed by atoms with E-state index in [1.807, 2.05) is 0 Å². The highest BCUT2D eigenvalue weighted by molar-refractivity contribution is 4.91. The van der Waals surface area contributed by atoms with E-state index in [9.17, 15) is 0 Å². The van der Waals surface area contributed by atoms with Crippen molar-refractivity contribution in [2.24, 2.45) is 11.3 Å². The van der Waals surface area contributed by atoms with Crippen molar-refractivity contribution in [3.05, 3.63) is 0 Å². The molecule has 1 N–H and O–H groups in total. The predicted molar refractivity (Wildman–Crippen MR) is 83.5 cm³/mol. The van der Waals surface area contributed by atoms with Crippen LogP contribution in [0.15, 0.2) is 0 Å². The van der Waals surface area contributed by atoms with E-state index in [-0.39, 0.29) is 0 Å². The van der Waals surface area contributed by atoms with Crippen LogP contribution in [-0.2, 0) is 0 Å². The smallest absolute Gasteiger partial charge is 0.00966 e. The van der Waals surface area contributed by atoms with Crippen molar-refractivity contribution in [2.45, 2.75) is 78.3 Å². The third kappa shape index (κ3) is 5.43. The van der Waals surface area contributed by atoms with Gasteiger partial charge in [0.2, 0.25) is 0 Å². The zero-order chi connectivity index (χ0) is 13.9. The number of nitrogens with one attached hydrogen (secondary N) is 1. The lowest BCUT2D eigenvalue weighted by Gasteiger charge is -2.36. The summed E-state index contributed by atoms with van der Waals surface area (Å²) in [6.45, 7) is 13.3.